The molecule has 2 aromatic heterocycles. The van der Waals surface area contributed by atoms with E-state index in [-0.39, 0.29) is 11.0 Å². The Morgan fingerprint density at radius 1 is 1.11 bits per heavy atom. The van der Waals surface area contributed by atoms with Crippen molar-refractivity contribution in [1.29, 1.82) is 0 Å². The predicted molar refractivity (Wildman–Crippen MR) is 114 cm³/mol. The van der Waals surface area contributed by atoms with Crippen LogP contribution in [0.2, 0.25) is 0 Å². The third-order valence-electron chi connectivity index (χ3n) is 4.02. The number of hydrogen-bond acceptors (Lipinski definition) is 6. The van der Waals surface area contributed by atoms with Gasteiger partial charge in [-0.2, -0.15) is 9.61 Å². The fourth-order valence-electron chi connectivity index (χ4n) is 2.62. The van der Waals surface area contributed by atoms with Crippen molar-refractivity contribution in [3.05, 3.63) is 66.0 Å². The van der Waals surface area contributed by atoms with Gasteiger partial charge in [0.1, 0.15) is 5.01 Å². The van der Waals surface area contributed by atoms with Gasteiger partial charge in [0, 0.05) is 23.2 Å². The first-order valence-corrected chi connectivity index (χ1v) is 9.85. The van der Waals surface area contributed by atoms with Crippen LogP contribution >= 0.6 is 23.6 Å². The van der Waals surface area contributed by atoms with Gasteiger partial charge < -0.3 is 5.32 Å². The molecule has 140 valence electrons. The summed E-state index contributed by atoms with van der Waals surface area (Å²) in [6.07, 6.45) is 0.777. The number of fused-ring (bicyclic) bond motifs is 1. The van der Waals surface area contributed by atoms with E-state index in [2.05, 4.69) is 25.9 Å². The Hall–Kier alpha value is -3.17. The van der Waals surface area contributed by atoms with E-state index in [1.54, 1.807) is 28.8 Å². The maximum absolute atomic E-state index is 12.1. The molecule has 0 aliphatic carbocycles. The fraction of sp³-hybridized carbons (Fsp3) is 0.105. The zero-order valence-corrected chi connectivity index (χ0v) is 16.5. The van der Waals surface area contributed by atoms with Gasteiger partial charge in [-0.25, -0.2) is 0 Å². The summed E-state index contributed by atoms with van der Waals surface area (Å²) in [5.41, 5.74) is 2.30. The minimum Gasteiger partial charge on any atom is -0.332 e. The summed E-state index contributed by atoms with van der Waals surface area (Å²) in [6, 6.07) is 16.6. The van der Waals surface area contributed by atoms with Crippen LogP contribution in [0.1, 0.15) is 23.1 Å². The molecule has 0 radical (unpaired) electrons. The van der Waals surface area contributed by atoms with E-state index in [9.17, 15) is 4.79 Å². The van der Waals surface area contributed by atoms with Crippen LogP contribution in [0.3, 0.4) is 0 Å². The average molecular weight is 409 g/mol. The van der Waals surface area contributed by atoms with Gasteiger partial charge in [-0.3, -0.25) is 10.1 Å². The van der Waals surface area contributed by atoms with E-state index in [0.29, 0.717) is 5.56 Å². The predicted octanol–water partition coefficient (Wildman–Crippen LogP) is 3.54. The highest BCUT2D eigenvalue weighted by Gasteiger charge is 2.12. The Morgan fingerprint density at radius 3 is 2.57 bits per heavy atom. The molecule has 7 nitrogen and oxygen atoms in total. The molecule has 0 unspecified atom stereocenters. The van der Waals surface area contributed by atoms with Gasteiger partial charge in [0.15, 0.2) is 10.9 Å². The van der Waals surface area contributed by atoms with Crippen LogP contribution in [0.4, 0.5) is 5.69 Å². The van der Waals surface area contributed by atoms with E-state index in [4.69, 9.17) is 12.2 Å². The lowest BCUT2D eigenvalue weighted by molar-refractivity contribution is 0.0977. The number of amides is 1. The monoisotopic (exact) mass is 408 g/mol. The number of aryl methyl sites for hydroxylation is 1. The fourth-order valence-corrected chi connectivity index (χ4v) is 3.69. The molecule has 9 heteroatoms. The van der Waals surface area contributed by atoms with Crippen LogP contribution in [-0.4, -0.2) is 30.8 Å². The Bertz CT molecular complexity index is 1130. The lowest BCUT2D eigenvalue weighted by Gasteiger charge is -2.10. The van der Waals surface area contributed by atoms with E-state index in [1.165, 1.54) is 11.3 Å². The number of rotatable bonds is 4. The molecular formula is C19H16N6OS2. The highest BCUT2D eigenvalue weighted by molar-refractivity contribution is 7.80. The Morgan fingerprint density at radius 2 is 1.86 bits per heavy atom. The molecule has 0 aliphatic heterocycles. The van der Waals surface area contributed by atoms with Crippen molar-refractivity contribution in [1.82, 2.24) is 25.1 Å². The number of hydrogen-bond donors (Lipinski definition) is 2. The normalized spacial score (nSPS) is 10.8. The lowest BCUT2D eigenvalue weighted by Crippen LogP contribution is -2.34. The van der Waals surface area contributed by atoms with E-state index in [1.807, 2.05) is 37.3 Å². The third kappa shape index (κ3) is 3.75. The van der Waals surface area contributed by atoms with E-state index >= 15 is 0 Å². The molecule has 4 rings (SSSR count). The van der Waals surface area contributed by atoms with Crippen LogP contribution < -0.4 is 10.6 Å². The third-order valence-corrected chi connectivity index (χ3v) is 5.18. The Labute approximate surface area is 170 Å². The van der Waals surface area contributed by atoms with Crippen molar-refractivity contribution < 1.29 is 4.79 Å². The number of carbonyl (C=O) groups excluding carboxylic acids is 1. The Balaban J connectivity index is 1.43. The van der Waals surface area contributed by atoms with Crippen LogP contribution in [-0.2, 0) is 6.42 Å². The van der Waals surface area contributed by atoms with E-state index < -0.39 is 0 Å². The molecule has 0 atom stereocenters. The second-order valence-corrected chi connectivity index (χ2v) is 7.29. The van der Waals surface area contributed by atoms with Crippen LogP contribution in [0.15, 0.2) is 54.6 Å². The molecule has 1 amide bonds. The topological polar surface area (TPSA) is 84.2 Å². The lowest BCUT2D eigenvalue weighted by atomic mass is 10.2. The number of thiocarbonyl (C=S) groups is 1. The van der Waals surface area contributed by atoms with Crippen molar-refractivity contribution in [2.45, 2.75) is 13.3 Å². The van der Waals surface area contributed by atoms with Gasteiger partial charge in [-0.15, -0.1) is 10.2 Å². The van der Waals surface area contributed by atoms with Crippen molar-refractivity contribution in [3.8, 4) is 10.6 Å². The molecule has 0 fully saturated rings. The SMILES string of the molecule is CCc1nnc2sc(-c3ccc(NC(=S)NC(=O)c4ccccc4)cc3)nn12. The van der Waals surface area contributed by atoms with Gasteiger partial charge in [0.2, 0.25) is 4.96 Å². The molecule has 0 spiro atoms. The second kappa shape index (κ2) is 7.83. The van der Waals surface area contributed by atoms with Gasteiger partial charge in [0.25, 0.3) is 5.91 Å². The summed E-state index contributed by atoms with van der Waals surface area (Å²) >= 11 is 6.71. The highest BCUT2D eigenvalue weighted by atomic mass is 32.1. The van der Waals surface area contributed by atoms with Crippen LogP contribution in [0, 0.1) is 0 Å². The van der Waals surface area contributed by atoms with Crippen molar-refractivity contribution in [2.24, 2.45) is 0 Å². The summed E-state index contributed by atoms with van der Waals surface area (Å²) in [6.45, 7) is 2.02. The summed E-state index contributed by atoms with van der Waals surface area (Å²) in [5, 5.41) is 19.6. The van der Waals surface area contributed by atoms with Crippen LogP contribution in [0.25, 0.3) is 15.5 Å². The van der Waals surface area contributed by atoms with Crippen LogP contribution in [0.5, 0.6) is 0 Å². The highest BCUT2D eigenvalue weighted by Crippen LogP contribution is 2.26. The summed E-state index contributed by atoms with van der Waals surface area (Å²) in [7, 11) is 0. The van der Waals surface area contributed by atoms with Crippen molar-refractivity contribution >= 4 is 45.2 Å². The average Bonchev–Trinajstić information content (AvgIpc) is 3.29. The number of anilines is 1. The number of nitrogens with zero attached hydrogens (tertiary/aromatic N) is 4. The van der Waals surface area contributed by atoms with E-state index in [0.717, 1.165) is 33.5 Å². The maximum atomic E-state index is 12.1. The summed E-state index contributed by atoms with van der Waals surface area (Å²) < 4.78 is 1.78. The molecule has 2 aromatic carbocycles. The quantitative estimate of drug-likeness (QED) is 0.503. The molecule has 4 aromatic rings. The summed E-state index contributed by atoms with van der Waals surface area (Å²) in [4.78, 5) is 12.9. The number of aromatic nitrogens is 4. The first-order valence-electron chi connectivity index (χ1n) is 8.63. The first-order chi connectivity index (χ1) is 13.6. The molecule has 0 saturated carbocycles. The van der Waals surface area contributed by atoms with Gasteiger partial charge in [0.05, 0.1) is 0 Å². The molecule has 2 heterocycles. The summed E-state index contributed by atoms with van der Waals surface area (Å²) in [5.74, 6) is 0.594. The smallest absolute Gasteiger partial charge is 0.257 e. The first kappa shape index (κ1) is 18.2. The standard InChI is InChI=1S/C19H16N6OS2/c1-2-15-22-23-19-25(15)24-17(28-19)13-8-10-14(11-9-13)20-18(27)21-16(26)12-6-4-3-5-7-12/h3-11H,2H2,1H3,(H2,20,21,26,27). The van der Waals surface area contributed by atoms with Gasteiger partial charge in [-0.1, -0.05) is 36.5 Å². The zero-order valence-electron chi connectivity index (χ0n) is 14.9. The van der Waals surface area contributed by atoms with Gasteiger partial charge in [-0.05, 0) is 48.6 Å². The van der Waals surface area contributed by atoms with Crippen molar-refractivity contribution in [3.63, 3.8) is 0 Å². The number of benzene rings is 2. The minimum absolute atomic E-state index is 0.244. The van der Waals surface area contributed by atoms with Gasteiger partial charge >= 0.3 is 0 Å². The number of carbonyl (C=O) groups is 1. The second-order valence-electron chi connectivity index (χ2n) is 5.92. The minimum atomic E-state index is -0.249. The molecule has 28 heavy (non-hydrogen) atoms. The molecular weight excluding hydrogens is 392 g/mol. The molecule has 0 aliphatic rings. The molecule has 2 N–H and O–H groups in total. The van der Waals surface area contributed by atoms with Crippen molar-refractivity contribution in [2.75, 3.05) is 5.32 Å². The number of nitrogens with one attached hydrogen (secondary N) is 2. The maximum Gasteiger partial charge on any atom is 0.257 e. The zero-order chi connectivity index (χ0) is 19.5. The molecule has 0 bridgehead atoms. The molecule has 0 saturated heterocycles. The largest absolute Gasteiger partial charge is 0.332 e. The Kier molecular flexibility index (Phi) is 5.09.